The van der Waals surface area contributed by atoms with Crippen molar-refractivity contribution in [1.82, 2.24) is 10.2 Å². The Morgan fingerprint density at radius 1 is 1.47 bits per heavy atom. The zero-order valence-electron chi connectivity index (χ0n) is 10.3. The second kappa shape index (κ2) is 5.29. The van der Waals surface area contributed by atoms with Crippen molar-refractivity contribution in [3.05, 3.63) is 36.0 Å². The molecule has 0 aliphatic rings. The van der Waals surface area contributed by atoms with Crippen molar-refractivity contribution in [2.24, 2.45) is 0 Å². The third-order valence-electron chi connectivity index (χ3n) is 2.41. The number of hydrogen-bond donors (Lipinski definition) is 3. The van der Waals surface area contributed by atoms with Crippen molar-refractivity contribution in [3.63, 3.8) is 0 Å². The highest BCUT2D eigenvalue weighted by Gasteiger charge is 2.19. The minimum Gasteiger partial charge on any atom is -0.383 e. The Bertz CT molecular complexity index is 666. The van der Waals surface area contributed by atoms with Crippen LogP contribution in [0.5, 0.6) is 0 Å². The van der Waals surface area contributed by atoms with E-state index in [-0.39, 0.29) is 10.7 Å². The molecule has 102 valence electrons. The van der Waals surface area contributed by atoms with Crippen molar-refractivity contribution in [3.8, 4) is 0 Å². The van der Waals surface area contributed by atoms with Crippen molar-refractivity contribution in [2.45, 2.75) is 11.5 Å². The van der Waals surface area contributed by atoms with Gasteiger partial charge in [0.05, 0.1) is 12.8 Å². The summed E-state index contributed by atoms with van der Waals surface area (Å²) in [7, 11) is -2.17. The number of nitrogens with two attached hydrogens (primary N) is 1. The van der Waals surface area contributed by atoms with Crippen LogP contribution >= 0.6 is 0 Å². The summed E-state index contributed by atoms with van der Waals surface area (Å²) in [5.74, 6) is 0.000506. The summed E-state index contributed by atoms with van der Waals surface area (Å²) in [5, 5.41) is 5.97. The summed E-state index contributed by atoms with van der Waals surface area (Å²) < 4.78 is 31.6. The highest BCUT2D eigenvalue weighted by molar-refractivity contribution is 7.92. The average molecular weight is 282 g/mol. The van der Waals surface area contributed by atoms with E-state index in [9.17, 15) is 8.42 Å². The Hall–Kier alpha value is -2.06. The van der Waals surface area contributed by atoms with E-state index in [1.807, 2.05) is 6.07 Å². The fraction of sp³-hybridized carbons (Fsp3) is 0.182. The number of aromatic amines is 1. The minimum absolute atomic E-state index is 0.000506. The monoisotopic (exact) mass is 282 g/mol. The topological polar surface area (TPSA) is 110 Å². The maximum Gasteiger partial charge on any atom is 0.267 e. The van der Waals surface area contributed by atoms with E-state index in [1.165, 1.54) is 0 Å². The molecule has 1 aromatic carbocycles. The van der Waals surface area contributed by atoms with Crippen LogP contribution < -0.4 is 10.5 Å². The number of methoxy groups -OCH3 is 1. The molecule has 1 aromatic heterocycles. The molecule has 0 bridgehead atoms. The third-order valence-corrected chi connectivity index (χ3v) is 3.82. The van der Waals surface area contributed by atoms with Gasteiger partial charge in [-0.2, -0.15) is 5.10 Å². The molecule has 0 fully saturated rings. The van der Waals surface area contributed by atoms with Gasteiger partial charge in [-0.05, 0) is 17.7 Å². The SMILES string of the molecule is COCc1cccc(NS(=O)(=O)c2cn[nH]c2N)c1. The normalized spacial score (nSPS) is 11.4. The number of anilines is 2. The Balaban J connectivity index is 2.26. The van der Waals surface area contributed by atoms with Gasteiger partial charge in [-0.3, -0.25) is 9.82 Å². The van der Waals surface area contributed by atoms with Gasteiger partial charge in [0.25, 0.3) is 10.0 Å². The molecule has 4 N–H and O–H groups in total. The molecule has 0 aliphatic heterocycles. The number of rotatable bonds is 5. The highest BCUT2D eigenvalue weighted by Crippen LogP contribution is 2.20. The molecular weight excluding hydrogens is 268 g/mol. The molecule has 0 amide bonds. The van der Waals surface area contributed by atoms with E-state index in [2.05, 4.69) is 14.9 Å². The number of benzene rings is 1. The van der Waals surface area contributed by atoms with Gasteiger partial charge in [0.15, 0.2) is 0 Å². The fourth-order valence-electron chi connectivity index (χ4n) is 1.60. The van der Waals surface area contributed by atoms with Gasteiger partial charge in [-0.1, -0.05) is 12.1 Å². The smallest absolute Gasteiger partial charge is 0.267 e. The summed E-state index contributed by atoms with van der Waals surface area (Å²) >= 11 is 0. The minimum atomic E-state index is -3.74. The van der Waals surface area contributed by atoms with Crippen LogP contribution in [-0.2, 0) is 21.4 Å². The maximum absolute atomic E-state index is 12.1. The predicted molar refractivity (Wildman–Crippen MR) is 71.0 cm³/mol. The van der Waals surface area contributed by atoms with Gasteiger partial charge >= 0.3 is 0 Å². The van der Waals surface area contributed by atoms with Gasteiger partial charge in [0, 0.05) is 12.8 Å². The second-order valence-electron chi connectivity index (χ2n) is 3.89. The molecular formula is C11H14N4O3S. The summed E-state index contributed by atoms with van der Waals surface area (Å²) in [6.45, 7) is 0.406. The van der Waals surface area contributed by atoms with Gasteiger partial charge in [-0.15, -0.1) is 0 Å². The lowest BCUT2D eigenvalue weighted by atomic mass is 10.2. The molecule has 0 saturated carbocycles. The summed E-state index contributed by atoms with van der Waals surface area (Å²) in [4.78, 5) is -0.0790. The maximum atomic E-state index is 12.1. The molecule has 19 heavy (non-hydrogen) atoms. The summed E-state index contributed by atoms with van der Waals surface area (Å²) in [6.07, 6.45) is 1.16. The van der Waals surface area contributed by atoms with Crippen LogP contribution in [0.1, 0.15) is 5.56 Å². The van der Waals surface area contributed by atoms with Crippen LogP contribution in [0.3, 0.4) is 0 Å². The van der Waals surface area contributed by atoms with Crippen molar-refractivity contribution >= 4 is 21.5 Å². The fourth-order valence-corrected chi connectivity index (χ4v) is 2.67. The van der Waals surface area contributed by atoms with E-state index < -0.39 is 10.0 Å². The van der Waals surface area contributed by atoms with E-state index in [1.54, 1.807) is 25.3 Å². The molecule has 0 radical (unpaired) electrons. The first kappa shape index (κ1) is 13.4. The Labute approximate surface area is 110 Å². The van der Waals surface area contributed by atoms with Crippen LogP contribution in [0.2, 0.25) is 0 Å². The molecule has 7 nitrogen and oxygen atoms in total. The molecule has 0 atom stereocenters. The van der Waals surface area contributed by atoms with Crippen LogP contribution in [0.25, 0.3) is 0 Å². The molecule has 2 aromatic rings. The summed E-state index contributed by atoms with van der Waals surface area (Å²) in [6, 6.07) is 6.92. The number of H-pyrrole nitrogens is 1. The Morgan fingerprint density at radius 2 is 2.26 bits per heavy atom. The van der Waals surface area contributed by atoms with Gasteiger partial charge in [0.2, 0.25) is 0 Å². The van der Waals surface area contributed by atoms with Crippen molar-refractivity contribution in [1.29, 1.82) is 0 Å². The van der Waals surface area contributed by atoms with Crippen LogP contribution in [0, 0.1) is 0 Å². The number of aromatic nitrogens is 2. The molecule has 0 aliphatic carbocycles. The lowest BCUT2D eigenvalue weighted by Gasteiger charge is -2.08. The molecule has 2 rings (SSSR count). The number of sulfonamides is 1. The predicted octanol–water partition coefficient (Wildman–Crippen LogP) is 0.939. The van der Waals surface area contributed by atoms with Gasteiger partial charge < -0.3 is 10.5 Å². The van der Waals surface area contributed by atoms with Gasteiger partial charge in [-0.25, -0.2) is 8.42 Å². The highest BCUT2D eigenvalue weighted by atomic mass is 32.2. The lowest BCUT2D eigenvalue weighted by molar-refractivity contribution is 0.185. The lowest BCUT2D eigenvalue weighted by Crippen LogP contribution is -2.14. The van der Waals surface area contributed by atoms with E-state index in [0.717, 1.165) is 11.8 Å². The largest absolute Gasteiger partial charge is 0.383 e. The number of ether oxygens (including phenoxy) is 1. The zero-order chi connectivity index (χ0) is 13.9. The first-order valence-electron chi connectivity index (χ1n) is 5.42. The van der Waals surface area contributed by atoms with Crippen molar-refractivity contribution < 1.29 is 13.2 Å². The Morgan fingerprint density at radius 3 is 2.89 bits per heavy atom. The first-order valence-corrected chi connectivity index (χ1v) is 6.91. The zero-order valence-corrected chi connectivity index (χ0v) is 11.1. The standard InChI is InChI=1S/C11H14N4O3S/c1-18-7-8-3-2-4-9(5-8)15-19(16,17)10-6-13-14-11(10)12/h2-6,15H,7H2,1H3,(H3,12,13,14). The van der Waals surface area contributed by atoms with E-state index >= 15 is 0 Å². The third kappa shape index (κ3) is 3.04. The molecule has 8 heteroatoms. The number of hydrogen-bond acceptors (Lipinski definition) is 5. The molecule has 1 heterocycles. The van der Waals surface area contributed by atoms with Gasteiger partial charge in [0.1, 0.15) is 10.7 Å². The van der Waals surface area contributed by atoms with Crippen LogP contribution in [0.4, 0.5) is 11.5 Å². The number of nitrogens with one attached hydrogen (secondary N) is 2. The van der Waals surface area contributed by atoms with E-state index in [4.69, 9.17) is 10.5 Å². The van der Waals surface area contributed by atoms with Crippen LogP contribution in [0.15, 0.2) is 35.4 Å². The van der Waals surface area contributed by atoms with Crippen molar-refractivity contribution in [2.75, 3.05) is 17.6 Å². The number of nitrogens with zero attached hydrogens (tertiary/aromatic N) is 1. The quantitative estimate of drug-likeness (QED) is 0.756. The second-order valence-corrected chi connectivity index (χ2v) is 5.54. The average Bonchev–Trinajstić information content (AvgIpc) is 2.76. The van der Waals surface area contributed by atoms with E-state index in [0.29, 0.717) is 12.3 Å². The number of nitrogen functional groups attached to an aromatic ring is 1. The molecule has 0 unspecified atom stereocenters. The molecule has 0 saturated heterocycles. The first-order chi connectivity index (χ1) is 9.03. The Kier molecular flexibility index (Phi) is 3.72. The molecule has 0 spiro atoms. The van der Waals surface area contributed by atoms with Crippen LogP contribution in [-0.4, -0.2) is 25.7 Å². The summed E-state index contributed by atoms with van der Waals surface area (Å²) in [5.41, 5.74) is 6.80.